The standard InChI is InChI=1S/C17H28N2O/c1-17(2,3)12-6-7-13-19-16(20)11-10-14-8-4-5-9-15(14)18/h4-5,8-9H,6-7,10-13,18H2,1-3H3,(H,19,20). The average Bonchev–Trinajstić information content (AvgIpc) is 2.36. The summed E-state index contributed by atoms with van der Waals surface area (Å²) in [4.78, 5) is 11.7. The van der Waals surface area contributed by atoms with E-state index in [1.807, 2.05) is 24.3 Å². The SMILES string of the molecule is CC(C)(C)CCCCNC(=O)CCc1ccccc1N. The van der Waals surface area contributed by atoms with E-state index < -0.39 is 0 Å². The monoisotopic (exact) mass is 276 g/mol. The third-order valence-corrected chi connectivity index (χ3v) is 3.35. The van der Waals surface area contributed by atoms with Gasteiger partial charge in [-0.3, -0.25) is 4.79 Å². The summed E-state index contributed by atoms with van der Waals surface area (Å²) in [6.45, 7) is 7.51. The highest BCUT2D eigenvalue weighted by Crippen LogP contribution is 2.21. The van der Waals surface area contributed by atoms with E-state index in [0.29, 0.717) is 18.3 Å². The van der Waals surface area contributed by atoms with Gasteiger partial charge in [0.15, 0.2) is 0 Å². The number of carbonyl (C=O) groups excluding carboxylic acids is 1. The fourth-order valence-electron chi connectivity index (χ4n) is 2.11. The number of carbonyl (C=O) groups is 1. The van der Waals surface area contributed by atoms with Crippen LogP contribution in [0, 0.1) is 5.41 Å². The molecule has 0 bridgehead atoms. The second-order valence-corrected chi connectivity index (χ2v) is 6.57. The molecule has 0 aliphatic carbocycles. The molecule has 0 fully saturated rings. The molecule has 20 heavy (non-hydrogen) atoms. The van der Waals surface area contributed by atoms with E-state index in [2.05, 4.69) is 26.1 Å². The van der Waals surface area contributed by atoms with Crippen LogP contribution in [0.1, 0.15) is 52.0 Å². The maximum atomic E-state index is 11.7. The Balaban J connectivity index is 2.14. The Morgan fingerprint density at radius 2 is 1.90 bits per heavy atom. The topological polar surface area (TPSA) is 55.1 Å². The van der Waals surface area contributed by atoms with Crippen LogP contribution < -0.4 is 11.1 Å². The second kappa shape index (κ2) is 7.93. The second-order valence-electron chi connectivity index (χ2n) is 6.57. The Hall–Kier alpha value is -1.51. The largest absolute Gasteiger partial charge is 0.399 e. The fourth-order valence-corrected chi connectivity index (χ4v) is 2.11. The number of benzene rings is 1. The molecule has 0 aromatic heterocycles. The first-order valence-corrected chi connectivity index (χ1v) is 7.48. The summed E-state index contributed by atoms with van der Waals surface area (Å²) in [5.41, 5.74) is 8.06. The van der Waals surface area contributed by atoms with E-state index in [1.54, 1.807) is 0 Å². The zero-order valence-corrected chi connectivity index (χ0v) is 13.0. The number of unbranched alkanes of at least 4 members (excludes halogenated alkanes) is 1. The van der Waals surface area contributed by atoms with Crippen LogP contribution >= 0.6 is 0 Å². The van der Waals surface area contributed by atoms with Gasteiger partial charge in [-0.15, -0.1) is 0 Å². The summed E-state index contributed by atoms with van der Waals surface area (Å²) in [7, 11) is 0. The zero-order valence-electron chi connectivity index (χ0n) is 13.0. The van der Waals surface area contributed by atoms with E-state index in [-0.39, 0.29) is 5.91 Å². The molecule has 0 aliphatic rings. The summed E-state index contributed by atoms with van der Waals surface area (Å²) in [6, 6.07) is 7.72. The minimum atomic E-state index is 0.115. The summed E-state index contributed by atoms with van der Waals surface area (Å²) in [5.74, 6) is 0.115. The van der Waals surface area contributed by atoms with Crippen molar-refractivity contribution in [2.45, 2.75) is 52.9 Å². The van der Waals surface area contributed by atoms with E-state index in [0.717, 1.165) is 30.6 Å². The van der Waals surface area contributed by atoms with Crippen LogP contribution in [0.4, 0.5) is 5.69 Å². The third-order valence-electron chi connectivity index (χ3n) is 3.35. The fraction of sp³-hybridized carbons (Fsp3) is 0.588. The molecule has 0 saturated carbocycles. The summed E-state index contributed by atoms with van der Waals surface area (Å²) >= 11 is 0. The Kier molecular flexibility index (Phi) is 6.56. The summed E-state index contributed by atoms with van der Waals surface area (Å²) in [5, 5.41) is 2.98. The predicted octanol–water partition coefficient (Wildman–Crippen LogP) is 3.53. The van der Waals surface area contributed by atoms with Crippen molar-refractivity contribution in [3.05, 3.63) is 29.8 Å². The molecule has 0 aliphatic heterocycles. The highest BCUT2D eigenvalue weighted by atomic mass is 16.1. The number of hydrogen-bond acceptors (Lipinski definition) is 2. The number of nitrogens with two attached hydrogens (primary N) is 1. The average molecular weight is 276 g/mol. The van der Waals surface area contributed by atoms with Crippen LogP contribution in [-0.2, 0) is 11.2 Å². The Morgan fingerprint density at radius 1 is 1.20 bits per heavy atom. The molecule has 1 rings (SSSR count). The van der Waals surface area contributed by atoms with Gasteiger partial charge in [-0.2, -0.15) is 0 Å². The molecule has 1 aromatic rings. The van der Waals surface area contributed by atoms with Crippen LogP contribution in [0.25, 0.3) is 0 Å². The third kappa shape index (κ3) is 7.17. The number of aryl methyl sites for hydroxylation is 1. The van der Waals surface area contributed by atoms with Crippen molar-refractivity contribution in [2.24, 2.45) is 5.41 Å². The molecule has 0 atom stereocenters. The smallest absolute Gasteiger partial charge is 0.220 e. The van der Waals surface area contributed by atoms with Crippen LogP contribution in [0.2, 0.25) is 0 Å². The lowest BCUT2D eigenvalue weighted by Gasteiger charge is -2.17. The zero-order chi connectivity index (χ0) is 15.0. The number of nitrogen functional groups attached to an aromatic ring is 1. The van der Waals surface area contributed by atoms with E-state index in [1.165, 1.54) is 6.42 Å². The highest BCUT2D eigenvalue weighted by Gasteiger charge is 2.09. The minimum absolute atomic E-state index is 0.115. The lowest BCUT2D eigenvalue weighted by atomic mass is 9.90. The Labute approximate surface area is 122 Å². The van der Waals surface area contributed by atoms with Gasteiger partial charge in [-0.05, 0) is 36.3 Å². The quantitative estimate of drug-likeness (QED) is 0.591. The molecule has 3 N–H and O–H groups in total. The van der Waals surface area contributed by atoms with Gasteiger partial charge in [0.1, 0.15) is 0 Å². The number of rotatable bonds is 7. The van der Waals surface area contributed by atoms with Gasteiger partial charge in [0.25, 0.3) is 0 Å². The lowest BCUT2D eigenvalue weighted by molar-refractivity contribution is -0.121. The van der Waals surface area contributed by atoms with Crippen molar-refractivity contribution in [2.75, 3.05) is 12.3 Å². The van der Waals surface area contributed by atoms with Crippen molar-refractivity contribution in [3.63, 3.8) is 0 Å². The molecule has 0 unspecified atom stereocenters. The molecular weight excluding hydrogens is 248 g/mol. The van der Waals surface area contributed by atoms with Crippen LogP contribution in [-0.4, -0.2) is 12.5 Å². The molecule has 3 nitrogen and oxygen atoms in total. The summed E-state index contributed by atoms with van der Waals surface area (Å²) < 4.78 is 0. The lowest BCUT2D eigenvalue weighted by Crippen LogP contribution is -2.24. The number of hydrogen-bond donors (Lipinski definition) is 2. The molecular formula is C17H28N2O. The molecule has 112 valence electrons. The molecule has 1 amide bonds. The molecule has 0 saturated heterocycles. The van der Waals surface area contributed by atoms with Gasteiger partial charge >= 0.3 is 0 Å². The first kappa shape index (κ1) is 16.5. The van der Waals surface area contributed by atoms with Gasteiger partial charge in [-0.25, -0.2) is 0 Å². The normalized spacial score (nSPS) is 11.3. The van der Waals surface area contributed by atoms with Crippen molar-refractivity contribution < 1.29 is 4.79 Å². The number of amides is 1. The highest BCUT2D eigenvalue weighted by molar-refractivity contribution is 5.76. The summed E-state index contributed by atoms with van der Waals surface area (Å²) in [6.07, 6.45) is 4.63. The number of nitrogens with one attached hydrogen (secondary N) is 1. The Morgan fingerprint density at radius 3 is 2.55 bits per heavy atom. The molecule has 0 spiro atoms. The Bertz CT molecular complexity index is 421. The first-order valence-electron chi connectivity index (χ1n) is 7.48. The first-order chi connectivity index (χ1) is 9.38. The minimum Gasteiger partial charge on any atom is -0.399 e. The number of para-hydroxylation sites is 1. The predicted molar refractivity (Wildman–Crippen MR) is 85.5 cm³/mol. The maximum absolute atomic E-state index is 11.7. The molecule has 3 heteroatoms. The van der Waals surface area contributed by atoms with Gasteiger partial charge in [0.05, 0.1) is 0 Å². The maximum Gasteiger partial charge on any atom is 0.220 e. The number of anilines is 1. The van der Waals surface area contributed by atoms with Crippen molar-refractivity contribution in [3.8, 4) is 0 Å². The molecule has 1 aromatic carbocycles. The van der Waals surface area contributed by atoms with Crippen molar-refractivity contribution in [1.29, 1.82) is 0 Å². The van der Waals surface area contributed by atoms with E-state index in [9.17, 15) is 4.79 Å². The van der Waals surface area contributed by atoms with Crippen molar-refractivity contribution >= 4 is 11.6 Å². The van der Waals surface area contributed by atoms with E-state index >= 15 is 0 Å². The van der Waals surface area contributed by atoms with Gasteiger partial charge in [-0.1, -0.05) is 45.4 Å². The van der Waals surface area contributed by atoms with Crippen LogP contribution in [0.5, 0.6) is 0 Å². The molecule has 0 heterocycles. The molecule has 0 radical (unpaired) electrons. The van der Waals surface area contributed by atoms with E-state index in [4.69, 9.17) is 5.73 Å². The van der Waals surface area contributed by atoms with Crippen LogP contribution in [0.3, 0.4) is 0 Å². The van der Waals surface area contributed by atoms with Crippen molar-refractivity contribution in [1.82, 2.24) is 5.32 Å². The van der Waals surface area contributed by atoms with Gasteiger partial charge < -0.3 is 11.1 Å². The van der Waals surface area contributed by atoms with Crippen LogP contribution in [0.15, 0.2) is 24.3 Å². The van der Waals surface area contributed by atoms with Gasteiger partial charge in [0, 0.05) is 18.7 Å². The van der Waals surface area contributed by atoms with Gasteiger partial charge in [0.2, 0.25) is 5.91 Å².